The lowest BCUT2D eigenvalue weighted by Crippen LogP contribution is -2.37. The normalized spacial score (nSPS) is 22.1. The van der Waals surface area contributed by atoms with Crippen LogP contribution in [0.2, 0.25) is 5.02 Å². The maximum absolute atomic E-state index is 14.4. The Bertz CT molecular complexity index is 1290. The lowest BCUT2D eigenvalue weighted by atomic mass is 9.90. The van der Waals surface area contributed by atoms with E-state index in [0.717, 1.165) is 11.0 Å². The average molecular weight is 468 g/mol. The SMILES string of the molecule is O=C1[C@H]2[C@@H](c3ccc(Cl)c([N+](=O)[O-])c3)N(c3ccccc3)O[C@H]2C(=O)N1c1ccccc1F. The molecule has 10 heteroatoms. The van der Waals surface area contributed by atoms with E-state index in [1.165, 1.54) is 35.4 Å². The summed E-state index contributed by atoms with van der Waals surface area (Å²) >= 11 is 5.98. The lowest BCUT2D eigenvalue weighted by molar-refractivity contribution is -0.384. The van der Waals surface area contributed by atoms with Crippen molar-refractivity contribution in [2.75, 3.05) is 9.96 Å². The number of rotatable bonds is 4. The largest absolute Gasteiger partial charge is 0.288 e. The average Bonchev–Trinajstić information content (AvgIpc) is 3.31. The third-order valence-electron chi connectivity index (χ3n) is 5.73. The third-order valence-corrected chi connectivity index (χ3v) is 6.05. The van der Waals surface area contributed by atoms with Gasteiger partial charge in [0.2, 0.25) is 5.91 Å². The van der Waals surface area contributed by atoms with Gasteiger partial charge in [0.1, 0.15) is 16.8 Å². The molecule has 0 bridgehead atoms. The number of carbonyl (C=O) groups excluding carboxylic acids is 2. The number of anilines is 2. The van der Waals surface area contributed by atoms with E-state index in [2.05, 4.69) is 0 Å². The van der Waals surface area contributed by atoms with E-state index >= 15 is 0 Å². The van der Waals surface area contributed by atoms with Gasteiger partial charge in [-0.2, -0.15) is 0 Å². The standard InChI is InChI=1S/C23H15ClFN3O5/c24-15-11-10-13(12-18(15)28(31)32)20-19-21(33-27(20)14-6-2-1-3-7-14)23(30)26(22(19)29)17-9-5-4-8-16(17)25/h1-12,19-21H/t19-,20+,21+/m0/s1. The van der Waals surface area contributed by atoms with E-state index in [1.807, 2.05) is 0 Å². The van der Waals surface area contributed by atoms with Gasteiger partial charge >= 0.3 is 0 Å². The first kappa shape index (κ1) is 21.0. The topological polar surface area (TPSA) is 93.0 Å². The van der Waals surface area contributed by atoms with Gasteiger partial charge in [-0.05, 0) is 35.9 Å². The summed E-state index contributed by atoms with van der Waals surface area (Å²) < 4.78 is 14.4. The van der Waals surface area contributed by atoms with Crippen molar-refractivity contribution < 1.29 is 23.7 Å². The maximum Gasteiger partial charge on any atom is 0.288 e. The van der Waals surface area contributed by atoms with Crippen LogP contribution in [-0.4, -0.2) is 22.8 Å². The van der Waals surface area contributed by atoms with E-state index in [1.54, 1.807) is 36.4 Å². The molecule has 2 aliphatic heterocycles. The number of nitrogens with zero attached hydrogens (tertiary/aromatic N) is 3. The van der Waals surface area contributed by atoms with Crippen LogP contribution in [-0.2, 0) is 14.4 Å². The summed E-state index contributed by atoms with van der Waals surface area (Å²) in [7, 11) is 0. The fourth-order valence-electron chi connectivity index (χ4n) is 4.28. The number of imide groups is 1. The second kappa shape index (κ2) is 7.95. The zero-order valence-electron chi connectivity index (χ0n) is 16.8. The predicted molar refractivity (Wildman–Crippen MR) is 117 cm³/mol. The molecule has 166 valence electrons. The Hall–Kier alpha value is -3.82. The maximum atomic E-state index is 14.4. The lowest BCUT2D eigenvalue weighted by Gasteiger charge is -2.28. The monoisotopic (exact) mass is 467 g/mol. The van der Waals surface area contributed by atoms with Crippen molar-refractivity contribution >= 4 is 40.5 Å². The number of nitro groups is 1. The number of hydrogen-bond donors (Lipinski definition) is 0. The Morgan fingerprint density at radius 1 is 0.970 bits per heavy atom. The van der Waals surface area contributed by atoms with Crippen LogP contribution in [0.4, 0.5) is 21.5 Å². The number of halogens is 2. The quantitative estimate of drug-likeness (QED) is 0.320. The minimum Gasteiger partial charge on any atom is -0.273 e. The number of nitro benzene ring substituents is 1. The molecule has 0 N–H and O–H groups in total. The van der Waals surface area contributed by atoms with Crippen LogP contribution in [0.15, 0.2) is 72.8 Å². The summed E-state index contributed by atoms with van der Waals surface area (Å²) in [5.41, 5.74) is 0.400. The molecule has 2 fully saturated rings. The number of hydroxylamine groups is 1. The van der Waals surface area contributed by atoms with Crippen LogP contribution in [0, 0.1) is 21.8 Å². The molecule has 8 nitrogen and oxygen atoms in total. The highest BCUT2D eigenvalue weighted by molar-refractivity contribution is 6.32. The van der Waals surface area contributed by atoms with Gasteiger partial charge in [0, 0.05) is 6.07 Å². The Morgan fingerprint density at radius 2 is 1.67 bits per heavy atom. The first-order chi connectivity index (χ1) is 15.9. The van der Waals surface area contributed by atoms with Crippen molar-refractivity contribution in [3.05, 3.63) is 99.3 Å². The van der Waals surface area contributed by atoms with Gasteiger partial charge in [-0.1, -0.05) is 48.0 Å². The summed E-state index contributed by atoms with van der Waals surface area (Å²) in [6, 6.07) is 17.5. The Balaban J connectivity index is 1.63. The highest BCUT2D eigenvalue weighted by Crippen LogP contribution is 2.48. The van der Waals surface area contributed by atoms with E-state index < -0.39 is 40.6 Å². The number of hydrogen-bond acceptors (Lipinski definition) is 6. The van der Waals surface area contributed by atoms with Gasteiger partial charge in [-0.25, -0.2) is 14.4 Å². The molecule has 33 heavy (non-hydrogen) atoms. The van der Waals surface area contributed by atoms with Crippen LogP contribution in [0.5, 0.6) is 0 Å². The van der Waals surface area contributed by atoms with E-state index in [0.29, 0.717) is 11.3 Å². The van der Waals surface area contributed by atoms with Crippen LogP contribution in [0.3, 0.4) is 0 Å². The molecule has 0 saturated carbocycles. The smallest absolute Gasteiger partial charge is 0.273 e. The van der Waals surface area contributed by atoms with Crippen LogP contribution < -0.4 is 9.96 Å². The van der Waals surface area contributed by atoms with Crippen LogP contribution >= 0.6 is 11.6 Å². The van der Waals surface area contributed by atoms with E-state index in [4.69, 9.17) is 16.4 Å². The number of para-hydroxylation sites is 2. The van der Waals surface area contributed by atoms with E-state index in [9.17, 15) is 24.1 Å². The molecule has 5 rings (SSSR count). The van der Waals surface area contributed by atoms with Gasteiger partial charge in [-0.3, -0.25) is 24.5 Å². The summed E-state index contributed by atoms with van der Waals surface area (Å²) in [6.45, 7) is 0. The third kappa shape index (κ3) is 3.33. The van der Waals surface area contributed by atoms with Crippen molar-refractivity contribution in [1.82, 2.24) is 0 Å². The summed E-state index contributed by atoms with van der Waals surface area (Å²) in [4.78, 5) is 44.2. The van der Waals surface area contributed by atoms with E-state index in [-0.39, 0.29) is 16.4 Å². The van der Waals surface area contributed by atoms with Gasteiger partial charge in [0.05, 0.1) is 22.3 Å². The molecule has 0 aromatic heterocycles. The number of fused-ring (bicyclic) bond motifs is 1. The van der Waals surface area contributed by atoms with Crippen molar-refractivity contribution in [2.24, 2.45) is 5.92 Å². The molecule has 2 saturated heterocycles. The fourth-order valence-corrected chi connectivity index (χ4v) is 4.46. The van der Waals surface area contributed by atoms with Gasteiger partial charge in [0.15, 0.2) is 6.10 Å². The van der Waals surface area contributed by atoms with Crippen molar-refractivity contribution in [2.45, 2.75) is 12.1 Å². The zero-order valence-corrected chi connectivity index (χ0v) is 17.6. The molecule has 2 heterocycles. The van der Waals surface area contributed by atoms with Crippen LogP contribution in [0.1, 0.15) is 11.6 Å². The Kier molecular flexibility index (Phi) is 5.07. The minimum absolute atomic E-state index is 0.0627. The first-order valence-electron chi connectivity index (χ1n) is 9.95. The number of carbonyl (C=O) groups is 2. The van der Waals surface area contributed by atoms with Crippen molar-refractivity contribution in [1.29, 1.82) is 0 Å². The molecular formula is C23H15ClFN3O5. The molecule has 3 aromatic carbocycles. The second-order valence-electron chi connectivity index (χ2n) is 7.59. The first-order valence-corrected chi connectivity index (χ1v) is 10.3. The molecule has 0 unspecified atom stereocenters. The summed E-state index contributed by atoms with van der Waals surface area (Å²) in [5, 5.41) is 12.8. The predicted octanol–water partition coefficient (Wildman–Crippen LogP) is 4.44. The second-order valence-corrected chi connectivity index (χ2v) is 8.00. The molecule has 0 radical (unpaired) electrons. The Labute approximate surface area is 191 Å². The Morgan fingerprint density at radius 3 is 2.36 bits per heavy atom. The molecule has 2 aliphatic rings. The molecular weight excluding hydrogens is 453 g/mol. The van der Waals surface area contributed by atoms with Gasteiger partial charge < -0.3 is 0 Å². The van der Waals surface area contributed by atoms with Gasteiger partial charge in [0.25, 0.3) is 11.6 Å². The number of amides is 2. The van der Waals surface area contributed by atoms with Crippen molar-refractivity contribution in [3.63, 3.8) is 0 Å². The molecule has 0 spiro atoms. The number of benzene rings is 3. The highest BCUT2D eigenvalue weighted by Gasteiger charge is 2.60. The summed E-state index contributed by atoms with van der Waals surface area (Å²) in [6.07, 6.45) is -1.22. The minimum atomic E-state index is -1.22. The molecule has 3 atom stereocenters. The fraction of sp³-hybridized carbons (Fsp3) is 0.130. The molecule has 2 amide bonds. The zero-order chi connectivity index (χ0) is 23.3. The summed E-state index contributed by atoms with van der Waals surface area (Å²) in [5.74, 6) is -3.14. The molecule has 0 aliphatic carbocycles. The molecule has 3 aromatic rings. The highest BCUT2D eigenvalue weighted by atomic mass is 35.5. The van der Waals surface area contributed by atoms with Crippen molar-refractivity contribution in [3.8, 4) is 0 Å². The van der Waals surface area contributed by atoms with Gasteiger partial charge in [-0.15, -0.1) is 0 Å². The van der Waals surface area contributed by atoms with Crippen LogP contribution in [0.25, 0.3) is 0 Å².